The first-order valence-corrected chi connectivity index (χ1v) is 7.62. The zero-order valence-corrected chi connectivity index (χ0v) is 14.4. The van der Waals surface area contributed by atoms with Crippen molar-refractivity contribution < 1.29 is 26.2 Å². The Morgan fingerprint density at radius 1 is 1.11 bits per heavy atom. The summed E-state index contributed by atoms with van der Waals surface area (Å²) in [6.07, 6.45) is 1.14. The van der Waals surface area contributed by atoms with Gasteiger partial charge < -0.3 is 26.2 Å². The van der Waals surface area contributed by atoms with Gasteiger partial charge in [0.15, 0.2) is 0 Å². The quantitative estimate of drug-likeness (QED) is 0.502. The molecule has 106 valence electrons. The molecule has 1 rings (SSSR count). The van der Waals surface area contributed by atoms with Crippen LogP contribution in [0.25, 0.3) is 0 Å². The van der Waals surface area contributed by atoms with E-state index in [0.29, 0.717) is 0 Å². The van der Waals surface area contributed by atoms with Gasteiger partial charge in [0.05, 0.1) is 32.8 Å². The first-order valence-electron chi connectivity index (χ1n) is 6.68. The fourth-order valence-electron chi connectivity index (χ4n) is 2.22. The minimum absolute atomic E-state index is 0. The number of nitrogens with zero attached hydrogens (tertiary/aromatic N) is 1. The molecule has 0 saturated carbocycles. The highest BCUT2D eigenvalue weighted by Crippen LogP contribution is 2.22. The Morgan fingerprint density at radius 3 is 2.17 bits per heavy atom. The number of halogens is 1. The van der Waals surface area contributed by atoms with E-state index >= 15 is 0 Å². The Kier molecular flexibility index (Phi) is 8.91. The summed E-state index contributed by atoms with van der Waals surface area (Å²) in [7, 11) is 0. The first kappa shape index (κ1) is 17.9. The van der Waals surface area contributed by atoms with Gasteiger partial charge in [-0.2, -0.15) is 0 Å². The lowest BCUT2D eigenvalue weighted by Crippen LogP contribution is -3.00. The lowest BCUT2D eigenvalue weighted by molar-refractivity contribution is -0.923. The summed E-state index contributed by atoms with van der Waals surface area (Å²) in [6, 6.07) is 0. The molecule has 0 amide bonds. The number of hydrogen-bond acceptors (Lipinski definition) is 2. The average Bonchev–Trinajstić information content (AvgIpc) is 2.76. The van der Waals surface area contributed by atoms with Gasteiger partial charge in [-0.1, -0.05) is 0 Å². The summed E-state index contributed by atoms with van der Waals surface area (Å²) >= 11 is 1.71. The van der Waals surface area contributed by atoms with Crippen LogP contribution in [0.1, 0.15) is 32.8 Å². The molecule has 4 heteroatoms. The van der Waals surface area contributed by atoms with Crippen molar-refractivity contribution in [3.63, 3.8) is 0 Å². The Bertz CT molecular complexity index is 315. The van der Waals surface area contributed by atoms with Crippen LogP contribution >= 0.6 is 11.3 Å². The van der Waals surface area contributed by atoms with Crippen LogP contribution < -0.4 is 21.7 Å². The molecular formula is C14H26BrNOS. The lowest BCUT2D eigenvalue weighted by atomic mass is 10.3. The van der Waals surface area contributed by atoms with Gasteiger partial charge in [0.1, 0.15) is 5.75 Å². The van der Waals surface area contributed by atoms with E-state index in [-0.39, 0.29) is 17.0 Å². The van der Waals surface area contributed by atoms with Crippen molar-refractivity contribution in [2.45, 2.75) is 34.1 Å². The third-order valence-electron chi connectivity index (χ3n) is 3.86. The Morgan fingerprint density at radius 2 is 1.72 bits per heavy atom. The van der Waals surface area contributed by atoms with Crippen LogP contribution in [0.4, 0.5) is 0 Å². The van der Waals surface area contributed by atoms with Crippen LogP contribution in [0.3, 0.4) is 0 Å². The largest absolute Gasteiger partial charge is 1.00 e. The van der Waals surface area contributed by atoms with Crippen LogP contribution in [0, 0.1) is 6.92 Å². The highest BCUT2D eigenvalue weighted by molar-refractivity contribution is 7.08. The molecule has 0 aliphatic rings. The minimum atomic E-state index is 0. The topological polar surface area (TPSA) is 9.23 Å². The van der Waals surface area contributed by atoms with Crippen LogP contribution in [0.2, 0.25) is 0 Å². The van der Waals surface area contributed by atoms with Crippen molar-refractivity contribution in [2.75, 3.05) is 32.8 Å². The number of quaternary nitrogens is 1. The second kappa shape index (κ2) is 8.94. The number of aryl methyl sites for hydroxylation is 1. The molecule has 0 N–H and O–H groups in total. The number of hydrogen-bond donors (Lipinski definition) is 0. The Hall–Kier alpha value is -0.0600. The van der Waals surface area contributed by atoms with Crippen molar-refractivity contribution in [1.82, 2.24) is 0 Å². The average molecular weight is 336 g/mol. The molecule has 0 aromatic carbocycles. The monoisotopic (exact) mass is 335 g/mol. The van der Waals surface area contributed by atoms with Crippen LogP contribution in [0.15, 0.2) is 10.8 Å². The highest BCUT2D eigenvalue weighted by Gasteiger charge is 2.19. The van der Waals surface area contributed by atoms with E-state index in [1.54, 1.807) is 11.3 Å². The standard InChI is InChI=1S/C14H26NOS.BrH/c1-5-15(6-2,7-3)9-8-10-16-14-12-17-11-13(14)4;/h11-12H,5-10H2,1-4H3;1H/q+1;/p-1. The molecule has 0 bridgehead atoms. The molecule has 1 heterocycles. The van der Waals surface area contributed by atoms with Gasteiger partial charge in [0, 0.05) is 17.4 Å². The second-order valence-electron chi connectivity index (χ2n) is 4.63. The maximum absolute atomic E-state index is 5.81. The minimum Gasteiger partial charge on any atom is -1.00 e. The zero-order chi connectivity index (χ0) is 12.7. The molecule has 0 radical (unpaired) electrons. The van der Waals surface area contributed by atoms with Crippen molar-refractivity contribution in [3.05, 3.63) is 16.3 Å². The highest BCUT2D eigenvalue weighted by atomic mass is 79.9. The van der Waals surface area contributed by atoms with Gasteiger partial charge in [-0.3, -0.25) is 0 Å². The molecule has 18 heavy (non-hydrogen) atoms. The molecule has 0 spiro atoms. The summed E-state index contributed by atoms with van der Waals surface area (Å²) in [5.74, 6) is 1.07. The number of ether oxygens (including phenoxy) is 1. The van der Waals surface area contributed by atoms with Crippen LogP contribution in [-0.2, 0) is 0 Å². The summed E-state index contributed by atoms with van der Waals surface area (Å²) < 4.78 is 7.02. The van der Waals surface area contributed by atoms with E-state index in [9.17, 15) is 0 Å². The number of thiophene rings is 1. The third kappa shape index (κ3) is 4.90. The van der Waals surface area contributed by atoms with Gasteiger partial charge in [-0.25, -0.2) is 0 Å². The lowest BCUT2D eigenvalue weighted by Gasteiger charge is -2.35. The fourth-order valence-corrected chi connectivity index (χ4v) is 2.99. The first-order chi connectivity index (χ1) is 8.17. The van der Waals surface area contributed by atoms with E-state index < -0.39 is 0 Å². The maximum Gasteiger partial charge on any atom is 0.132 e. The van der Waals surface area contributed by atoms with E-state index in [1.165, 1.54) is 36.2 Å². The Balaban J connectivity index is 0.00000289. The molecule has 1 aromatic heterocycles. The van der Waals surface area contributed by atoms with Gasteiger partial charge in [-0.15, -0.1) is 11.3 Å². The predicted molar refractivity (Wildman–Crippen MR) is 75.9 cm³/mol. The van der Waals surface area contributed by atoms with E-state index in [4.69, 9.17) is 4.74 Å². The zero-order valence-electron chi connectivity index (χ0n) is 12.0. The summed E-state index contributed by atoms with van der Waals surface area (Å²) in [5.41, 5.74) is 1.26. The molecule has 0 aliphatic carbocycles. The molecule has 1 aromatic rings. The SMILES string of the molecule is CC[N+](CC)(CC)CCCOc1cscc1C.[Br-]. The Labute approximate surface area is 126 Å². The molecular weight excluding hydrogens is 310 g/mol. The summed E-state index contributed by atoms with van der Waals surface area (Å²) in [6.45, 7) is 14.7. The molecule has 0 unspecified atom stereocenters. The van der Waals surface area contributed by atoms with E-state index in [0.717, 1.165) is 18.8 Å². The van der Waals surface area contributed by atoms with Crippen molar-refractivity contribution in [1.29, 1.82) is 0 Å². The van der Waals surface area contributed by atoms with Crippen molar-refractivity contribution in [2.24, 2.45) is 0 Å². The van der Waals surface area contributed by atoms with Crippen LogP contribution in [0.5, 0.6) is 5.75 Å². The van der Waals surface area contributed by atoms with Gasteiger partial charge in [-0.05, 0) is 33.1 Å². The fraction of sp³-hybridized carbons (Fsp3) is 0.714. The third-order valence-corrected chi connectivity index (χ3v) is 4.70. The molecule has 0 atom stereocenters. The molecule has 0 aliphatic heterocycles. The molecule has 0 fully saturated rings. The van der Waals surface area contributed by atoms with Crippen molar-refractivity contribution in [3.8, 4) is 5.75 Å². The van der Waals surface area contributed by atoms with Crippen molar-refractivity contribution >= 4 is 11.3 Å². The molecule has 2 nitrogen and oxygen atoms in total. The normalized spacial score (nSPS) is 11.1. The maximum atomic E-state index is 5.81. The second-order valence-corrected chi connectivity index (χ2v) is 5.38. The van der Waals surface area contributed by atoms with E-state index in [2.05, 4.69) is 38.5 Å². The van der Waals surface area contributed by atoms with E-state index in [1.807, 2.05) is 0 Å². The smallest absolute Gasteiger partial charge is 0.132 e. The number of rotatable bonds is 8. The van der Waals surface area contributed by atoms with Gasteiger partial charge in [0.2, 0.25) is 0 Å². The summed E-state index contributed by atoms with van der Waals surface area (Å²) in [5, 5.41) is 4.23. The predicted octanol–water partition coefficient (Wildman–Crippen LogP) is 0.706. The summed E-state index contributed by atoms with van der Waals surface area (Å²) in [4.78, 5) is 0. The van der Waals surface area contributed by atoms with Gasteiger partial charge >= 0.3 is 0 Å². The van der Waals surface area contributed by atoms with Crippen LogP contribution in [-0.4, -0.2) is 37.3 Å². The molecule has 0 saturated heterocycles. The van der Waals surface area contributed by atoms with Gasteiger partial charge in [0.25, 0.3) is 0 Å².